The number of aryl methyl sites for hydroxylation is 1. The van der Waals surface area contributed by atoms with Crippen LogP contribution in [-0.2, 0) is 6.42 Å². The number of nitrogens with zero attached hydrogens (tertiary/aromatic N) is 4. The molecular weight excluding hydrogens is 437 g/mol. The molecule has 4 aromatic rings. The molecule has 1 aliphatic heterocycles. The molecule has 2 aromatic heterocycles. The number of carbonyl (C=O) groups excluding carboxylic acids is 1. The Morgan fingerprint density at radius 2 is 1.91 bits per heavy atom. The van der Waals surface area contributed by atoms with E-state index in [0.717, 1.165) is 41.3 Å². The van der Waals surface area contributed by atoms with Crippen LogP contribution in [0.2, 0.25) is 0 Å². The minimum atomic E-state index is -0.291. The summed E-state index contributed by atoms with van der Waals surface area (Å²) >= 11 is 1.47. The van der Waals surface area contributed by atoms with Gasteiger partial charge in [0.2, 0.25) is 0 Å². The largest absolute Gasteiger partial charge is 0.350 e. The zero-order chi connectivity index (χ0) is 22.8. The lowest BCUT2D eigenvalue weighted by atomic mass is 10.1. The Labute approximate surface area is 195 Å². The van der Waals surface area contributed by atoms with Gasteiger partial charge in [0.05, 0.1) is 23.1 Å². The lowest BCUT2D eigenvalue weighted by molar-refractivity contribution is 0.0948. The van der Waals surface area contributed by atoms with E-state index < -0.39 is 0 Å². The van der Waals surface area contributed by atoms with Crippen LogP contribution in [0.1, 0.15) is 28.6 Å². The van der Waals surface area contributed by atoms with Gasteiger partial charge < -0.3 is 9.88 Å². The molecule has 2 aromatic carbocycles. The van der Waals surface area contributed by atoms with Crippen LogP contribution in [0, 0.1) is 5.82 Å². The number of imidazole rings is 1. The zero-order valence-electron chi connectivity index (χ0n) is 18.0. The Morgan fingerprint density at radius 3 is 2.67 bits per heavy atom. The van der Waals surface area contributed by atoms with Gasteiger partial charge >= 0.3 is 0 Å². The summed E-state index contributed by atoms with van der Waals surface area (Å²) in [5.41, 5.74) is 3.84. The molecule has 0 unspecified atom stereocenters. The van der Waals surface area contributed by atoms with Crippen molar-refractivity contribution >= 4 is 17.7 Å². The molecule has 8 heteroatoms. The Bertz CT molecular complexity index is 1290. The molecule has 0 radical (unpaired) electrons. The van der Waals surface area contributed by atoms with Crippen molar-refractivity contribution in [2.45, 2.75) is 24.0 Å². The maximum atomic E-state index is 13.6. The third-order valence-electron chi connectivity index (χ3n) is 5.76. The molecule has 1 atom stereocenters. The first kappa shape index (κ1) is 21.3. The van der Waals surface area contributed by atoms with Crippen LogP contribution in [0.15, 0.2) is 72.0 Å². The van der Waals surface area contributed by atoms with Gasteiger partial charge in [-0.2, -0.15) is 0 Å². The number of fused-ring (bicyclic) bond motifs is 1. The molecule has 0 spiro atoms. The van der Waals surface area contributed by atoms with E-state index >= 15 is 0 Å². The van der Waals surface area contributed by atoms with Crippen molar-refractivity contribution < 1.29 is 9.18 Å². The summed E-state index contributed by atoms with van der Waals surface area (Å²) in [6.45, 7) is 0.480. The number of amides is 1. The van der Waals surface area contributed by atoms with Crippen LogP contribution in [-0.4, -0.2) is 38.2 Å². The van der Waals surface area contributed by atoms with Crippen molar-refractivity contribution in [3.8, 4) is 22.6 Å². The van der Waals surface area contributed by atoms with Gasteiger partial charge in [-0.25, -0.2) is 19.3 Å². The summed E-state index contributed by atoms with van der Waals surface area (Å²) in [5.74, 6) is 0.545. The van der Waals surface area contributed by atoms with Gasteiger partial charge in [0.25, 0.3) is 5.91 Å². The number of carbonyl (C=O) groups is 1. The lowest BCUT2D eigenvalue weighted by Crippen LogP contribution is -2.29. The van der Waals surface area contributed by atoms with E-state index in [1.54, 1.807) is 30.5 Å². The fourth-order valence-electron chi connectivity index (χ4n) is 4.19. The number of thioether (sulfide) groups is 1. The average Bonchev–Trinajstić information content (AvgIpc) is 3.43. The minimum absolute atomic E-state index is 0.0389. The van der Waals surface area contributed by atoms with Crippen LogP contribution in [0.25, 0.3) is 22.6 Å². The monoisotopic (exact) mass is 459 g/mol. The minimum Gasteiger partial charge on any atom is -0.350 e. The topological polar surface area (TPSA) is 72.7 Å². The summed E-state index contributed by atoms with van der Waals surface area (Å²) < 4.78 is 15.8. The second-order valence-corrected chi connectivity index (χ2v) is 8.57. The van der Waals surface area contributed by atoms with Crippen molar-refractivity contribution in [2.24, 2.45) is 0 Å². The van der Waals surface area contributed by atoms with Gasteiger partial charge in [0.1, 0.15) is 11.6 Å². The zero-order valence-corrected chi connectivity index (χ0v) is 18.8. The van der Waals surface area contributed by atoms with Crippen LogP contribution in [0.3, 0.4) is 0 Å². The normalized spacial score (nSPS) is 14.8. The van der Waals surface area contributed by atoms with Crippen molar-refractivity contribution in [3.63, 3.8) is 0 Å². The molecule has 33 heavy (non-hydrogen) atoms. The quantitative estimate of drug-likeness (QED) is 0.332. The molecule has 166 valence electrons. The van der Waals surface area contributed by atoms with Crippen LogP contribution < -0.4 is 5.32 Å². The molecule has 0 saturated heterocycles. The Hall–Kier alpha value is -3.52. The summed E-state index contributed by atoms with van der Waals surface area (Å²) in [6, 6.07) is 17.5. The molecule has 0 fully saturated rings. The number of halogens is 1. The third-order valence-corrected chi connectivity index (χ3v) is 6.32. The molecule has 1 amide bonds. The first-order chi connectivity index (χ1) is 16.1. The first-order valence-corrected chi connectivity index (χ1v) is 11.9. The second-order valence-electron chi connectivity index (χ2n) is 7.80. The molecule has 3 heterocycles. The number of aromatic nitrogens is 4. The predicted molar refractivity (Wildman–Crippen MR) is 127 cm³/mol. The van der Waals surface area contributed by atoms with Gasteiger partial charge in [-0.3, -0.25) is 4.79 Å². The van der Waals surface area contributed by atoms with Crippen LogP contribution in [0.4, 0.5) is 4.39 Å². The van der Waals surface area contributed by atoms with Crippen molar-refractivity contribution in [1.82, 2.24) is 24.8 Å². The van der Waals surface area contributed by atoms with E-state index in [-0.39, 0.29) is 17.8 Å². The maximum Gasteiger partial charge on any atom is 0.251 e. The second kappa shape index (κ2) is 9.15. The lowest BCUT2D eigenvalue weighted by Gasteiger charge is -2.18. The highest BCUT2D eigenvalue weighted by Gasteiger charge is 2.31. The predicted octanol–water partition coefficient (Wildman–Crippen LogP) is 4.79. The fraction of sp³-hybridized carbons (Fsp3) is 0.200. The van der Waals surface area contributed by atoms with Gasteiger partial charge in [-0.1, -0.05) is 30.0 Å². The van der Waals surface area contributed by atoms with E-state index in [1.807, 2.05) is 30.5 Å². The highest BCUT2D eigenvalue weighted by Crippen LogP contribution is 2.39. The smallest absolute Gasteiger partial charge is 0.251 e. The summed E-state index contributed by atoms with van der Waals surface area (Å²) in [4.78, 5) is 26.6. The molecule has 6 nitrogen and oxygen atoms in total. The molecule has 0 saturated carbocycles. The van der Waals surface area contributed by atoms with E-state index in [2.05, 4.69) is 14.9 Å². The number of hydrogen-bond donors (Lipinski definition) is 1. The molecule has 1 aliphatic rings. The standard InChI is InChI=1S/C25H22FN5OS/c1-33-25-27-14-13-20(29-25)23-22(16-7-9-18(26)10-8-16)30-21-12-11-19(31(21)23)15-28-24(32)17-5-3-2-4-6-17/h2-10,13-14,19H,11-12,15H2,1H3,(H,28,32)/t19-/m0/s1. The highest BCUT2D eigenvalue weighted by atomic mass is 32.2. The van der Waals surface area contributed by atoms with E-state index in [4.69, 9.17) is 9.97 Å². The molecule has 0 aliphatic carbocycles. The Kier molecular flexibility index (Phi) is 5.92. The van der Waals surface area contributed by atoms with Crippen molar-refractivity contribution in [2.75, 3.05) is 12.8 Å². The van der Waals surface area contributed by atoms with Crippen LogP contribution in [0.5, 0.6) is 0 Å². The van der Waals surface area contributed by atoms with Crippen LogP contribution >= 0.6 is 11.8 Å². The van der Waals surface area contributed by atoms with Gasteiger partial charge in [-0.05, 0) is 55.1 Å². The summed E-state index contributed by atoms with van der Waals surface area (Å²) in [5, 5.41) is 3.73. The van der Waals surface area contributed by atoms with E-state index in [0.29, 0.717) is 17.3 Å². The van der Waals surface area contributed by atoms with Gasteiger partial charge in [-0.15, -0.1) is 0 Å². The molecule has 5 rings (SSSR count). The maximum absolute atomic E-state index is 13.6. The number of benzene rings is 2. The summed E-state index contributed by atoms with van der Waals surface area (Å²) in [7, 11) is 0. The highest BCUT2D eigenvalue weighted by molar-refractivity contribution is 7.98. The molecular formula is C25H22FN5OS. The van der Waals surface area contributed by atoms with Crippen molar-refractivity contribution in [3.05, 3.63) is 84.1 Å². The number of rotatable bonds is 6. The van der Waals surface area contributed by atoms with Crippen molar-refractivity contribution in [1.29, 1.82) is 0 Å². The van der Waals surface area contributed by atoms with E-state index in [9.17, 15) is 9.18 Å². The van der Waals surface area contributed by atoms with Gasteiger partial charge in [0, 0.05) is 30.3 Å². The number of hydrogen-bond acceptors (Lipinski definition) is 5. The van der Waals surface area contributed by atoms with E-state index in [1.165, 1.54) is 23.9 Å². The average molecular weight is 460 g/mol. The summed E-state index contributed by atoms with van der Waals surface area (Å²) in [6.07, 6.45) is 5.33. The van der Waals surface area contributed by atoms with Gasteiger partial charge in [0.15, 0.2) is 5.16 Å². The Morgan fingerprint density at radius 1 is 1.12 bits per heavy atom. The molecule has 1 N–H and O–H groups in total. The molecule has 0 bridgehead atoms. The SMILES string of the molecule is CSc1nccc(-c2c(-c3ccc(F)cc3)nc3n2[C@H](CNC(=O)c2ccccc2)CC3)n1. The third kappa shape index (κ3) is 4.26. The fourth-order valence-corrected chi connectivity index (χ4v) is 4.55. The number of nitrogens with one attached hydrogen (secondary N) is 1. The Balaban J connectivity index is 1.53. The first-order valence-electron chi connectivity index (χ1n) is 10.7.